The van der Waals surface area contributed by atoms with Crippen molar-refractivity contribution in [3.05, 3.63) is 54.1 Å². The summed E-state index contributed by atoms with van der Waals surface area (Å²) >= 11 is 0. The van der Waals surface area contributed by atoms with Crippen molar-refractivity contribution in [1.29, 1.82) is 0 Å². The fraction of sp³-hybridized carbons (Fsp3) is 0.320. The van der Waals surface area contributed by atoms with E-state index in [2.05, 4.69) is 20.4 Å². The van der Waals surface area contributed by atoms with E-state index in [0.29, 0.717) is 49.1 Å². The fourth-order valence-corrected chi connectivity index (χ4v) is 3.90. The van der Waals surface area contributed by atoms with Gasteiger partial charge in [0.05, 0.1) is 32.7 Å². The third-order valence-corrected chi connectivity index (χ3v) is 5.82. The molecule has 4 rings (SSSR count). The smallest absolute Gasteiger partial charge is 0.322 e. The number of aromatic nitrogens is 2. The van der Waals surface area contributed by atoms with Gasteiger partial charge in [0.1, 0.15) is 17.2 Å². The van der Waals surface area contributed by atoms with Crippen LogP contribution in [0.3, 0.4) is 0 Å². The number of aryl methyl sites for hydroxylation is 1. The van der Waals surface area contributed by atoms with Crippen molar-refractivity contribution in [1.82, 2.24) is 15.1 Å². The molecule has 1 saturated heterocycles. The fourth-order valence-electron chi connectivity index (χ4n) is 3.90. The van der Waals surface area contributed by atoms with Crippen LogP contribution in [0.2, 0.25) is 0 Å². The van der Waals surface area contributed by atoms with Crippen molar-refractivity contribution in [2.75, 3.05) is 57.7 Å². The number of ether oxygens (including phenoxy) is 3. The maximum atomic E-state index is 12.8. The number of hydrogen-bond donors (Lipinski definition) is 1. The molecule has 3 aromatic rings. The molecule has 0 atom stereocenters. The van der Waals surface area contributed by atoms with Gasteiger partial charge in [-0.15, -0.1) is 10.2 Å². The first kappa shape index (κ1) is 23.2. The number of nitrogens with zero attached hydrogens (tertiary/aromatic N) is 4. The molecule has 178 valence electrons. The number of hydrogen-bond acceptors (Lipinski definition) is 7. The van der Waals surface area contributed by atoms with Crippen LogP contribution in [0.4, 0.5) is 16.3 Å². The lowest BCUT2D eigenvalue weighted by atomic mass is 10.1. The largest absolute Gasteiger partial charge is 0.497 e. The second-order valence-electron chi connectivity index (χ2n) is 7.95. The van der Waals surface area contributed by atoms with Gasteiger partial charge < -0.3 is 29.3 Å². The number of carbonyl (C=O) groups excluding carboxylic acids is 1. The molecule has 2 aromatic carbocycles. The van der Waals surface area contributed by atoms with Gasteiger partial charge in [-0.3, -0.25) is 0 Å². The highest BCUT2D eigenvalue weighted by atomic mass is 16.5. The zero-order chi connectivity index (χ0) is 24.1. The van der Waals surface area contributed by atoms with Crippen LogP contribution < -0.4 is 24.4 Å². The first-order chi connectivity index (χ1) is 16.5. The molecule has 0 radical (unpaired) electrons. The molecule has 9 heteroatoms. The lowest BCUT2D eigenvalue weighted by Crippen LogP contribution is -2.50. The second kappa shape index (κ2) is 10.3. The predicted octanol–water partition coefficient (Wildman–Crippen LogP) is 3.83. The number of carbonyl (C=O) groups is 1. The highest BCUT2D eigenvalue weighted by Gasteiger charge is 2.23. The zero-order valence-corrected chi connectivity index (χ0v) is 19.9. The van der Waals surface area contributed by atoms with Crippen LogP contribution in [0.25, 0.3) is 11.3 Å². The van der Waals surface area contributed by atoms with Gasteiger partial charge in [0.2, 0.25) is 0 Å². The Hall–Kier alpha value is -4.01. The summed E-state index contributed by atoms with van der Waals surface area (Å²) in [5.74, 6) is 2.83. The number of amides is 2. The SMILES string of the molecule is COc1ccc(OC)c(-c2ccc(N3CCN(C(=O)Nc4cc(C)ccc4OC)CC3)nn2)c1. The molecular formula is C25H29N5O4. The molecule has 0 bridgehead atoms. The molecule has 34 heavy (non-hydrogen) atoms. The summed E-state index contributed by atoms with van der Waals surface area (Å²) in [5, 5.41) is 11.8. The van der Waals surface area contributed by atoms with Crippen molar-refractivity contribution < 1.29 is 19.0 Å². The van der Waals surface area contributed by atoms with Crippen LogP contribution in [0, 0.1) is 6.92 Å². The van der Waals surface area contributed by atoms with Crippen LogP contribution in [-0.4, -0.2) is 68.6 Å². The Morgan fingerprint density at radius 2 is 1.59 bits per heavy atom. The summed E-state index contributed by atoms with van der Waals surface area (Å²) in [6, 6.07) is 15.0. The Labute approximate surface area is 199 Å². The molecule has 1 aromatic heterocycles. The van der Waals surface area contributed by atoms with E-state index in [1.807, 2.05) is 55.5 Å². The molecule has 0 saturated carbocycles. The summed E-state index contributed by atoms with van der Waals surface area (Å²) in [4.78, 5) is 16.7. The highest BCUT2D eigenvalue weighted by Crippen LogP contribution is 2.32. The molecular weight excluding hydrogens is 434 g/mol. The maximum Gasteiger partial charge on any atom is 0.322 e. The van der Waals surface area contributed by atoms with Crippen molar-refractivity contribution in [2.24, 2.45) is 0 Å². The summed E-state index contributed by atoms with van der Waals surface area (Å²) in [6.07, 6.45) is 0. The molecule has 2 heterocycles. The van der Waals surface area contributed by atoms with Gasteiger partial charge in [-0.05, 0) is 55.0 Å². The molecule has 1 aliphatic heterocycles. The molecule has 0 unspecified atom stereocenters. The normalized spacial score (nSPS) is 13.4. The number of anilines is 2. The molecule has 9 nitrogen and oxygen atoms in total. The first-order valence-corrected chi connectivity index (χ1v) is 11.0. The average molecular weight is 464 g/mol. The van der Waals surface area contributed by atoms with E-state index in [9.17, 15) is 4.79 Å². The van der Waals surface area contributed by atoms with Gasteiger partial charge in [0, 0.05) is 31.7 Å². The first-order valence-electron chi connectivity index (χ1n) is 11.0. The van der Waals surface area contributed by atoms with Crippen molar-refractivity contribution in [2.45, 2.75) is 6.92 Å². The second-order valence-corrected chi connectivity index (χ2v) is 7.95. The average Bonchev–Trinajstić information content (AvgIpc) is 2.88. The number of benzene rings is 2. The monoisotopic (exact) mass is 463 g/mol. The Kier molecular flexibility index (Phi) is 7.01. The third kappa shape index (κ3) is 4.98. The van der Waals surface area contributed by atoms with Crippen LogP contribution in [0.5, 0.6) is 17.2 Å². The number of urea groups is 1. The van der Waals surface area contributed by atoms with E-state index in [4.69, 9.17) is 14.2 Å². The molecule has 1 N–H and O–H groups in total. The van der Waals surface area contributed by atoms with Crippen molar-refractivity contribution in [3.63, 3.8) is 0 Å². The minimum atomic E-state index is -0.143. The van der Waals surface area contributed by atoms with E-state index in [-0.39, 0.29) is 6.03 Å². The number of piperazine rings is 1. The number of rotatable bonds is 6. The van der Waals surface area contributed by atoms with Gasteiger partial charge in [0.25, 0.3) is 0 Å². The van der Waals surface area contributed by atoms with E-state index in [0.717, 1.165) is 22.7 Å². The molecule has 1 fully saturated rings. The number of methoxy groups -OCH3 is 3. The van der Waals surface area contributed by atoms with Crippen LogP contribution in [-0.2, 0) is 0 Å². The lowest BCUT2D eigenvalue weighted by Gasteiger charge is -2.35. The quantitative estimate of drug-likeness (QED) is 0.594. The van der Waals surface area contributed by atoms with E-state index < -0.39 is 0 Å². The van der Waals surface area contributed by atoms with Gasteiger partial charge in [-0.1, -0.05) is 6.07 Å². The Morgan fingerprint density at radius 3 is 2.24 bits per heavy atom. The number of nitrogens with one attached hydrogen (secondary N) is 1. The van der Waals surface area contributed by atoms with Gasteiger partial charge in [-0.2, -0.15) is 0 Å². The third-order valence-electron chi connectivity index (χ3n) is 5.82. The predicted molar refractivity (Wildman–Crippen MR) is 131 cm³/mol. The van der Waals surface area contributed by atoms with Gasteiger partial charge in [-0.25, -0.2) is 4.79 Å². The van der Waals surface area contributed by atoms with Gasteiger partial charge in [0.15, 0.2) is 5.82 Å². The van der Waals surface area contributed by atoms with Crippen LogP contribution in [0.1, 0.15) is 5.56 Å². The molecule has 0 spiro atoms. The minimum Gasteiger partial charge on any atom is -0.497 e. The summed E-state index contributed by atoms with van der Waals surface area (Å²) < 4.78 is 16.1. The van der Waals surface area contributed by atoms with Crippen molar-refractivity contribution in [3.8, 4) is 28.5 Å². The summed E-state index contributed by atoms with van der Waals surface area (Å²) in [6.45, 7) is 4.45. The molecule has 2 amide bonds. The molecule has 1 aliphatic rings. The van der Waals surface area contributed by atoms with Crippen molar-refractivity contribution >= 4 is 17.5 Å². The lowest BCUT2D eigenvalue weighted by molar-refractivity contribution is 0.208. The zero-order valence-electron chi connectivity index (χ0n) is 19.9. The topological polar surface area (TPSA) is 89.1 Å². The summed E-state index contributed by atoms with van der Waals surface area (Å²) in [7, 11) is 4.84. The highest BCUT2D eigenvalue weighted by molar-refractivity contribution is 5.91. The van der Waals surface area contributed by atoms with Gasteiger partial charge >= 0.3 is 6.03 Å². The molecule has 0 aliphatic carbocycles. The van der Waals surface area contributed by atoms with E-state index >= 15 is 0 Å². The Bertz CT molecular complexity index is 1140. The Balaban J connectivity index is 1.39. The Morgan fingerprint density at radius 1 is 0.853 bits per heavy atom. The minimum absolute atomic E-state index is 0.143. The van der Waals surface area contributed by atoms with Crippen LogP contribution >= 0.6 is 0 Å². The van der Waals surface area contributed by atoms with Crippen LogP contribution in [0.15, 0.2) is 48.5 Å². The van der Waals surface area contributed by atoms with E-state index in [1.165, 1.54) is 0 Å². The summed E-state index contributed by atoms with van der Waals surface area (Å²) in [5.41, 5.74) is 3.23. The van der Waals surface area contributed by atoms with E-state index in [1.54, 1.807) is 26.2 Å². The standard InChI is InChI=1S/C25H29N5O4/c1-17-5-8-23(34-4)21(15-17)26-25(31)30-13-11-29(12-14-30)24-10-7-20(27-28-24)19-16-18(32-2)6-9-22(19)33-3/h5-10,15-16H,11-14H2,1-4H3,(H,26,31). The maximum absolute atomic E-state index is 12.8.